The molecule has 0 aliphatic carbocycles. The SMILES string of the molecule is CC(C)(C)N(C[C@@H](C#N)CCC#N)c1n[nH]c(=S)s1. The molecule has 1 heterocycles. The van der Waals surface area contributed by atoms with Crippen molar-refractivity contribution in [3.05, 3.63) is 3.95 Å². The lowest BCUT2D eigenvalue weighted by Crippen LogP contribution is -2.44. The lowest BCUT2D eigenvalue weighted by Gasteiger charge is -2.36. The van der Waals surface area contributed by atoms with Crippen LogP contribution in [-0.2, 0) is 0 Å². The van der Waals surface area contributed by atoms with Crippen molar-refractivity contribution in [1.29, 1.82) is 10.5 Å². The molecule has 0 amide bonds. The molecule has 0 radical (unpaired) electrons. The summed E-state index contributed by atoms with van der Waals surface area (Å²) in [7, 11) is 0. The van der Waals surface area contributed by atoms with Crippen LogP contribution >= 0.6 is 23.6 Å². The van der Waals surface area contributed by atoms with E-state index in [4.69, 9.17) is 17.5 Å². The smallest absolute Gasteiger partial charge is 0.207 e. The van der Waals surface area contributed by atoms with Gasteiger partial charge < -0.3 is 4.90 Å². The normalized spacial score (nSPS) is 12.5. The van der Waals surface area contributed by atoms with Crippen LogP contribution in [0.4, 0.5) is 5.13 Å². The lowest BCUT2D eigenvalue weighted by atomic mass is 10.0. The second kappa shape index (κ2) is 6.65. The van der Waals surface area contributed by atoms with Gasteiger partial charge in [-0.05, 0) is 39.4 Å². The van der Waals surface area contributed by atoms with E-state index in [0.29, 0.717) is 23.3 Å². The highest BCUT2D eigenvalue weighted by Gasteiger charge is 2.27. The first-order chi connectivity index (χ1) is 8.88. The summed E-state index contributed by atoms with van der Waals surface area (Å²) in [6.07, 6.45) is 0.974. The molecular formula is C12H17N5S2. The van der Waals surface area contributed by atoms with Gasteiger partial charge in [-0.3, -0.25) is 5.10 Å². The molecule has 0 aliphatic heterocycles. The minimum Gasteiger partial charge on any atom is -0.341 e. The molecule has 1 aromatic heterocycles. The molecule has 0 aliphatic rings. The Morgan fingerprint density at radius 1 is 1.47 bits per heavy atom. The van der Waals surface area contributed by atoms with Crippen molar-refractivity contribution < 1.29 is 0 Å². The quantitative estimate of drug-likeness (QED) is 0.843. The number of nitriles is 2. The Bertz CT molecular complexity index is 540. The van der Waals surface area contributed by atoms with Gasteiger partial charge in [0.25, 0.3) is 0 Å². The molecule has 0 aromatic carbocycles. The van der Waals surface area contributed by atoms with E-state index < -0.39 is 0 Å². The molecular weight excluding hydrogens is 278 g/mol. The Morgan fingerprint density at radius 3 is 2.58 bits per heavy atom. The molecule has 0 bridgehead atoms. The first-order valence-corrected chi connectivity index (χ1v) is 7.20. The second-order valence-electron chi connectivity index (χ2n) is 5.20. The number of H-pyrrole nitrogens is 1. The Balaban J connectivity index is 2.91. The van der Waals surface area contributed by atoms with Crippen LogP contribution in [0, 0.1) is 32.5 Å². The summed E-state index contributed by atoms with van der Waals surface area (Å²) < 4.78 is 0.620. The van der Waals surface area contributed by atoms with Crippen LogP contribution in [0.5, 0.6) is 0 Å². The molecule has 7 heteroatoms. The van der Waals surface area contributed by atoms with Gasteiger partial charge in [-0.25, -0.2) is 0 Å². The second-order valence-corrected chi connectivity index (χ2v) is 6.84. The Kier molecular flexibility index (Phi) is 5.46. The highest BCUT2D eigenvalue weighted by atomic mass is 32.1. The van der Waals surface area contributed by atoms with Gasteiger partial charge in [-0.1, -0.05) is 11.3 Å². The van der Waals surface area contributed by atoms with Crippen LogP contribution in [0.3, 0.4) is 0 Å². The Hall–Kier alpha value is -1.44. The van der Waals surface area contributed by atoms with E-state index >= 15 is 0 Å². The van der Waals surface area contributed by atoms with Crippen molar-refractivity contribution in [2.24, 2.45) is 5.92 Å². The third-order valence-electron chi connectivity index (χ3n) is 2.66. The van der Waals surface area contributed by atoms with Crippen LogP contribution in [0.25, 0.3) is 0 Å². The summed E-state index contributed by atoms with van der Waals surface area (Å²) in [6.45, 7) is 6.75. The van der Waals surface area contributed by atoms with Gasteiger partial charge in [0.1, 0.15) is 0 Å². The molecule has 0 saturated heterocycles. The summed E-state index contributed by atoms with van der Waals surface area (Å²) >= 11 is 6.45. The van der Waals surface area contributed by atoms with Crippen molar-refractivity contribution in [3.8, 4) is 12.1 Å². The van der Waals surface area contributed by atoms with Crippen molar-refractivity contribution in [2.45, 2.75) is 39.2 Å². The Morgan fingerprint density at radius 2 is 2.16 bits per heavy atom. The van der Waals surface area contributed by atoms with E-state index in [0.717, 1.165) is 5.13 Å². The highest BCUT2D eigenvalue weighted by Crippen LogP contribution is 2.27. The molecule has 0 fully saturated rings. The van der Waals surface area contributed by atoms with E-state index in [1.165, 1.54) is 11.3 Å². The van der Waals surface area contributed by atoms with Crippen molar-refractivity contribution in [2.75, 3.05) is 11.4 Å². The first kappa shape index (κ1) is 15.6. The fourth-order valence-electron chi connectivity index (χ4n) is 1.63. The molecule has 1 rings (SSSR count). The molecule has 19 heavy (non-hydrogen) atoms. The molecule has 0 unspecified atom stereocenters. The summed E-state index contributed by atoms with van der Waals surface area (Å²) in [5.41, 5.74) is -0.158. The predicted molar refractivity (Wildman–Crippen MR) is 78.3 cm³/mol. The number of rotatable bonds is 5. The van der Waals surface area contributed by atoms with E-state index in [1.54, 1.807) is 0 Å². The maximum absolute atomic E-state index is 9.19. The Labute approximate surface area is 122 Å². The first-order valence-electron chi connectivity index (χ1n) is 5.98. The van der Waals surface area contributed by atoms with Gasteiger partial charge >= 0.3 is 0 Å². The maximum atomic E-state index is 9.19. The molecule has 5 nitrogen and oxygen atoms in total. The largest absolute Gasteiger partial charge is 0.341 e. The van der Waals surface area contributed by atoms with Crippen LogP contribution in [0.15, 0.2) is 0 Å². The molecule has 1 atom stereocenters. The maximum Gasteiger partial charge on any atom is 0.207 e. The van der Waals surface area contributed by atoms with Crippen LogP contribution in [0.2, 0.25) is 0 Å². The fourth-order valence-corrected chi connectivity index (χ4v) is 2.71. The molecule has 0 saturated carbocycles. The van der Waals surface area contributed by atoms with Gasteiger partial charge in [0, 0.05) is 18.5 Å². The van der Waals surface area contributed by atoms with Gasteiger partial charge in [0.15, 0.2) is 3.95 Å². The van der Waals surface area contributed by atoms with Crippen molar-refractivity contribution in [3.63, 3.8) is 0 Å². The van der Waals surface area contributed by atoms with E-state index in [9.17, 15) is 5.26 Å². The number of hydrogen-bond acceptors (Lipinski definition) is 6. The van der Waals surface area contributed by atoms with E-state index in [1.807, 2.05) is 0 Å². The average molecular weight is 295 g/mol. The molecule has 1 N–H and O–H groups in total. The number of aromatic amines is 1. The molecule has 1 aromatic rings. The number of nitrogens with zero attached hydrogens (tertiary/aromatic N) is 4. The standard InChI is InChI=1S/C12H17N5S2/c1-12(2,3)17(10-15-16-11(18)19-10)8-9(7-14)5-4-6-13/h9H,4-5,8H2,1-3H3,(H,16,18)/t9-/m1/s1. The van der Waals surface area contributed by atoms with Gasteiger partial charge in [-0.2, -0.15) is 10.5 Å². The zero-order valence-electron chi connectivity index (χ0n) is 11.3. The topological polar surface area (TPSA) is 79.5 Å². The minimum absolute atomic E-state index is 0.158. The number of aromatic nitrogens is 2. The van der Waals surface area contributed by atoms with Gasteiger partial charge in [0.2, 0.25) is 5.13 Å². The number of nitrogens with one attached hydrogen (secondary N) is 1. The number of anilines is 1. The van der Waals surface area contributed by atoms with Crippen LogP contribution < -0.4 is 4.90 Å². The van der Waals surface area contributed by atoms with Crippen LogP contribution in [-0.4, -0.2) is 22.3 Å². The number of hydrogen-bond donors (Lipinski definition) is 1. The summed E-state index contributed by atoms with van der Waals surface area (Å²) in [6, 6.07) is 4.35. The predicted octanol–water partition coefficient (Wildman–Crippen LogP) is 3.25. The zero-order chi connectivity index (χ0) is 14.5. The monoisotopic (exact) mass is 295 g/mol. The third kappa shape index (κ3) is 4.62. The van der Waals surface area contributed by atoms with Crippen molar-refractivity contribution >= 4 is 28.7 Å². The van der Waals surface area contributed by atoms with Crippen LogP contribution in [0.1, 0.15) is 33.6 Å². The lowest BCUT2D eigenvalue weighted by molar-refractivity contribution is 0.460. The van der Waals surface area contributed by atoms with E-state index in [-0.39, 0.29) is 11.5 Å². The zero-order valence-corrected chi connectivity index (χ0v) is 12.9. The van der Waals surface area contributed by atoms with Gasteiger partial charge in [0.05, 0.1) is 18.1 Å². The van der Waals surface area contributed by atoms with E-state index in [2.05, 4.69) is 48.0 Å². The highest BCUT2D eigenvalue weighted by molar-refractivity contribution is 7.73. The molecule has 102 valence electrons. The fraction of sp³-hybridized carbons (Fsp3) is 0.667. The summed E-state index contributed by atoms with van der Waals surface area (Å²) in [5.74, 6) is -0.184. The summed E-state index contributed by atoms with van der Waals surface area (Å²) in [5, 5.41) is 25.6. The average Bonchev–Trinajstić information content (AvgIpc) is 2.74. The minimum atomic E-state index is -0.184. The van der Waals surface area contributed by atoms with Gasteiger partial charge in [-0.15, -0.1) is 5.10 Å². The summed E-state index contributed by atoms with van der Waals surface area (Å²) in [4.78, 5) is 2.06. The van der Waals surface area contributed by atoms with Crippen molar-refractivity contribution in [1.82, 2.24) is 10.2 Å². The molecule has 0 spiro atoms. The third-order valence-corrected chi connectivity index (χ3v) is 3.77.